The molecule has 1 amide bonds. The van der Waals surface area contributed by atoms with Gasteiger partial charge in [0.25, 0.3) is 5.91 Å². The normalized spacial score (nSPS) is 11.4. The quantitative estimate of drug-likeness (QED) is 0.843. The molecule has 0 aliphatic rings. The van der Waals surface area contributed by atoms with Crippen LogP contribution in [0.5, 0.6) is 0 Å². The number of rotatable bonds is 4. The van der Waals surface area contributed by atoms with Crippen molar-refractivity contribution in [2.24, 2.45) is 0 Å². The van der Waals surface area contributed by atoms with Crippen molar-refractivity contribution in [3.8, 4) is 11.8 Å². The third-order valence-corrected chi connectivity index (χ3v) is 3.13. The van der Waals surface area contributed by atoms with Gasteiger partial charge in [0.1, 0.15) is 6.61 Å². The van der Waals surface area contributed by atoms with Crippen LogP contribution >= 0.6 is 0 Å². The maximum Gasteiger partial charge on any atom is 0.253 e. The minimum atomic E-state index is -0.155. The van der Waals surface area contributed by atoms with Gasteiger partial charge < -0.3 is 10.0 Å². The molecule has 0 spiro atoms. The molecule has 1 atom stereocenters. The number of nitrogens with zero attached hydrogens (tertiary/aromatic N) is 1. The van der Waals surface area contributed by atoms with Crippen molar-refractivity contribution >= 4 is 5.91 Å². The van der Waals surface area contributed by atoms with Gasteiger partial charge in [0.15, 0.2) is 0 Å². The van der Waals surface area contributed by atoms with Gasteiger partial charge in [-0.3, -0.25) is 4.79 Å². The van der Waals surface area contributed by atoms with Crippen molar-refractivity contribution in [1.82, 2.24) is 4.90 Å². The largest absolute Gasteiger partial charge is 0.384 e. The molecule has 1 aromatic rings. The van der Waals surface area contributed by atoms with E-state index in [0.29, 0.717) is 5.56 Å². The lowest BCUT2D eigenvalue weighted by Crippen LogP contribution is -2.34. The molecular weight excluding hydrogens is 238 g/mol. The van der Waals surface area contributed by atoms with E-state index in [1.54, 1.807) is 29.2 Å². The standard InChI is InChI=1S/C16H21NO2/c1-4-6-13(2)17(3)16(19)15-10-8-14(9-11-15)7-5-12-18/h8-11,13,18H,4,6,12H2,1-3H3. The van der Waals surface area contributed by atoms with E-state index < -0.39 is 0 Å². The smallest absolute Gasteiger partial charge is 0.253 e. The Balaban J connectivity index is 2.77. The van der Waals surface area contributed by atoms with Gasteiger partial charge in [0.05, 0.1) is 0 Å². The Morgan fingerprint density at radius 3 is 2.53 bits per heavy atom. The second-order valence-corrected chi connectivity index (χ2v) is 4.59. The Morgan fingerprint density at radius 1 is 1.37 bits per heavy atom. The maximum absolute atomic E-state index is 12.2. The zero-order valence-electron chi connectivity index (χ0n) is 11.8. The zero-order chi connectivity index (χ0) is 14.3. The molecule has 3 heteroatoms. The second kappa shape index (κ2) is 7.60. The molecule has 0 aliphatic heterocycles. The van der Waals surface area contributed by atoms with Gasteiger partial charge in [-0.25, -0.2) is 0 Å². The lowest BCUT2D eigenvalue weighted by Gasteiger charge is -2.24. The number of carbonyl (C=O) groups is 1. The molecule has 0 saturated carbocycles. The molecule has 0 aromatic heterocycles. The number of hydrogen-bond donors (Lipinski definition) is 1. The van der Waals surface area contributed by atoms with E-state index in [9.17, 15) is 4.79 Å². The van der Waals surface area contributed by atoms with Crippen molar-refractivity contribution in [3.05, 3.63) is 35.4 Å². The highest BCUT2D eigenvalue weighted by molar-refractivity contribution is 5.94. The average Bonchev–Trinajstić information content (AvgIpc) is 2.44. The van der Waals surface area contributed by atoms with E-state index in [1.165, 1.54) is 0 Å². The summed E-state index contributed by atoms with van der Waals surface area (Å²) in [7, 11) is 1.84. The molecule has 0 fully saturated rings. The SMILES string of the molecule is CCCC(C)N(C)C(=O)c1ccc(C#CCO)cc1. The summed E-state index contributed by atoms with van der Waals surface area (Å²) in [4.78, 5) is 14.0. The monoisotopic (exact) mass is 259 g/mol. The highest BCUT2D eigenvalue weighted by Crippen LogP contribution is 2.11. The Bertz CT molecular complexity index is 468. The van der Waals surface area contributed by atoms with Gasteiger partial charge in [-0.15, -0.1) is 0 Å². The fraction of sp³-hybridized carbons (Fsp3) is 0.438. The molecule has 1 aromatic carbocycles. The van der Waals surface area contributed by atoms with Crippen molar-refractivity contribution in [2.45, 2.75) is 32.7 Å². The summed E-state index contributed by atoms with van der Waals surface area (Å²) in [5.41, 5.74) is 1.47. The summed E-state index contributed by atoms with van der Waals surface area (Å²) in [5.74, 6) is 5.42. The highest BCUT2D eigenvalue weighted by atomic mass is 16.2. The lowest BCUT2D eigenvalue weighted by molar-refractivity contribution is 0.0737. The fourth-order valence-electron chi connectivity index (χ4n) is 1.85. The van der Waals surface area contributed by atoms with Crippen LogP contribution in [0.3, 0.4) is 0 Å². The van der Waals surface area contributed by atoms with E-state index in [0.717, 1.165) is 18.4 Å². The first-order valence-corrected chi connectivity index (χ1v) is 6.57. The van der Waals surface area contributed by atoms with Gasteiger partial charge in [-0.05, 0) is 37.6 Å². The first kappa shape index (κ1) is 15.3. The molecule has 0 saturated heterocycles. The number of carbonyl (C=O) groups excluding carboxylic acids is 1. The Hall–Kier alpha value is -1.79. The van der Waals surface area contributed by atoms with E-state index in [2.05, 4.69) is 25.7 Å². The fourth-order valence-corrected chi connectivity index (χ4v) is 1.85. The Kier molecular flexibility index (Phi) is 6.11. The third-order valence-electron chi connectivity index (χ3n) is 3.13. The zero-order valence-corrected chi connectivity index (χ0v) is 11.8. The van der Waals surface area contributed by atoms with Crippen LogP contribution in [0.15, 0.2) is 24.3 Å². The van der Waals surface area contributed by atoms with Crippen LogP contribution in [-0.2, 0) is 0 Å². The van der Waals surface area contributed by atoms with Gasteiger partial charge in [0.2, 0.25) is 0 Å². The minimum absolute atomic E-state index is 0.0302. The van der Waals surface area contributed by atoms with E-state index >= 15 is 0 Å². The number of aliphatic hydroxyl groups is 1. The average molecular weight is 259 g/mol. The Morgan fingerprint density at radius 2 is 2.00 bits per heavy atom. The number of aliphatic hydroxyl groups excluding tert-OH is 1. The van der Waals surface area contributed by atoms with Crippen LogP contribution in [0.25, 0.3) is 0 Å². The van der Waals surface area contributed by atoms with Crippen LogP contribution in [0, 0.1) is 11.8 Å². The van der Waals surface area contributed by atoms with Gasteiger partial charge in [-0.2, -0.15) is 0 Å². The second-order valence-electron chi connectivity index (χ2n) is 4.59. The third kappa shape index (κ3) is 4.42. The summed E-state index contributed by atoms with van der Waals surface area (Å²) in [5, 5.41) is 8.62. The highest BCUT2D eigenvalue weighted by Gasteiger charge is 2.16. The number of benzene rings is 1. The first-order chi connectivity index (χ1) is 9.10. The number of amides is 1. The van der Waals surface area contributed by atoms with E-state index in [1.807, 2.05) is 7.05 Å². The maximum atomic E-state index is 12.2. The van der Waals surface area contributed by atoms with Gasteiger partial charge in [-0.1, -0.05) is 25.2 Å². The van der Waals surface area contributed by atoms with Crippen LogP contribution in [0.1, 0.15) is 42.6 Å². The molecular formula is C16H21NO2. The summed E-state index contributed by atoms with van der Waals surface area (Å²) >= 11 is 0. The first-order valence-electron chi connectivity index (χ1n) is 6.57. The summed E-state index contributed by atoms with van der Waals surface area (Å²) < 4.78 is 0. The van der Waals surface area contributed by atoms with Crippen molar-refractivity contribution in [2.75, 3.05) is 13.7 Å². The lowest BCUT2D eigenvalue weighted by atomic mass is 10.1. The molecule has 0 heterocycles. The molecule has 1 rings (SSSR count). The summed E-state index contributed by atoms with van der Waals surface area (Å²) in [6, 6.07) is 7.39. The van der Waals surface area contributed by atoms with Crippen LogP contribution in [0.4, 0.5) is 0 Å². The predicted molar refractivity (Wildman–Crippen MR) is 76.9 cm³/mol. The molecule has 19 heavy (non-hydrogen) atoms. The summed E-state index contributed by atoms with van der Waals surface area (Å²) in [6.07, 6.45) is 2.07. The van der Waals surface area contributed by atoms with Crippen LogP contribution in [-0.4, -0.2) is 35.6 Å². The molecule has 102 valence electrons. The molecule has 1 unspecified atom stereocenters. The van der Waals surface area contributed by atoms with Crippen LogP contribution in [0.2, 0.25) is 0 Å². The van der Waals surface area contributed by atoms with Crippen molar-refractivity contribution < 1.29 is 9.90 Å². The molecule has 0 radical (unpaired) electrons. The van der Waals surface area contributed by atoms with E-state index in [4.69, 9.17) is 5.11 Å². The molecule has 0 aliphatic carbocycles. The number of hydrogen-bond acceptors (Lipinski definition) is 2. The van der Waals surface area contributed by atoms with Gasteiger partial charge in [0, 0.05) is 24.2 Å². The topological polar surface area (TPSA) is 40.5 Å². The minimum Gasteiger partial charge on any atom is -0.384 e. The molecule has 3 nitrogen and oxygen atoms in total. The van der Waals surface area contributed by atoms with Crippen molar-refractivity contribution in [3.63, 3.8) is 0 Å². The van der Waals surface area contributed by atoms with E-state index in [-0.39, 0.29) is 18.6 Å². The predicted octanol–water partition coefficient (Wildman–Crippen LogP) is 2.29. The van der Waals surface area contributed by atoms with Crippen LogP contribution < -0.4 is 0 Å². The molecule has 0 bridgehead atoms. The molecule has 1 N–H and O–H groups in total. The van der Waals surface area contributed by atoms with Crippen molar-refractivity contribution in [1.29, 1.82) is 0 Å². The van der Waals surface area contributed by atoms with Gasteiger partial charge >= 0.3 is 0 Å². The Labute approximate surface area is 115 Å². The summed E-state index contributed by atoms with van der Waals surface area (Å²) in [6.45, 7) is 4.02.